The molecule has 1 aromatic carbocycles. The van der Waals surface area contributed by atoms with Crippen molar-refractivity contribution in [2.45, 2.75) is 49.6 Å². The summed E-state index contributed by atoms with van der Waals surface area (Å²) in [7, 11) is -6.24. The first kappa shape index (κ1) is 35.9. The topological polar surface area (TPSA) is 237 Å². The second kappa shape index (κ2) is 14.4. The molecule has 1 saturated heterocycles. The minimum Gasteiger partial charge on any atom is -0.477 e. The first-order valence-corrected chi connectivity index (χ1v) is 17.4. The van der Waals surface area contributed by atoms with Crippen molar-refractivity contribution in [3.8, 4) is 0 Å². The average Bonchev–Trinajstić information content (AvgIpc) is 3.45. The average molecular weight is 724 g/mol. The number of carbonyl (C=O) groups excluding carboxylic acids is 4. The van der Waals surface area contributed by atoms with Crippen LogP contribution >= 0.6 is 11.3 Å². The number of aryl methyl sites for hydroxylation is 1. The maximum absolute atomic E-state index is 13.3. The van der Waals surface area contributed by atoms with Crippen molar-refractivity contribution < 1.29 is 55.5 Å². The standard InChI is InChI=1S/C28H29N5O12S3/c1-15-5-7-17(8-6-15)48(41,42)44-10-9-16-13-47(40)25-21(24(37)33(25)22(16)26(38)39)31-23(36)20(18-12-46-27(30-18)29-14-34)32-43-11-19(35)45-28(2,3)4/h5-10,12,14,21,25H,11,13H2,1-4H3,(H,31,36)(H,38,39)(H,29,30,34)/t21?,25-,47?/m0/s1. The Hall–Kier alpha value is -4.95. The highest BCUT2D eigenvalue weighted by atomic mass is 32.2. The lowest BCUT2D eigenvalue weighted by Gasteiger charge is -2.48. The Morgan fingerprint density at radius 1 is 1.23 bits per heavy atom. The Balaban J connectivity index is 1.53. The van der Waals surface area contributed by atoms with Gasteiger partial charge in [0.1, 0.15) is 39.6 Å². The first-order chi connectivity index (χ1) is 22.5. The molecule has 2 aromatic rings. The summed E-state index contributed by atoms with van der Waals surface area (Å²) in [4.78, 5) is 71.3. The van der Waals surface area contributed by atoms with Crippen LogP contribution in [0.3, 0.4) is 0 Å². The van der Waals surface area contributed by atoms with Crippen molar-refractivity contribution in [1.82, 2.24) is 15.2 Å². The van der Waals surface area contributed by atoms with Gasteiger partial charge in [-0.25, -0.2) is 14.6 Å². The third-order valence-corrected chi connectivity index (χ3v) is 9.91. The van der Waals surface area contributed by atoms with E-state index in [2.05, 4.69) is 20.8 Å². The highest BCUT2D eigenvalue weighted by Gasteiger charge is 2.57. The number of hydrogen-bond donors (Lipinski definition) is 3. The number of allylic oxidation sites excluding steroid dienone is 1. The molecule has 17 nitrogen and oxygen atoms in total. The molecule has 3 heterocycles. The molecule has 0 spiro atoms. The van der Waals surface area contributed by atoms with Gasteiger partial charge in [0, 0.05) is 5.38 Å². The van der Waals surface area contributed by atoms with Crippen LogP contribution in [0.25, 0.3) is 0 Å². The fraction of sp³-hybridized carbons (Fsp3) is 0.321. The minimum absolute atomic E-state index is 0.0828. The van der Waals surface area contributed by atoms with Gasteiger partial charge in [0.05, 0.1) is 16.6 Å². The number of carboxylic acids is 1. The molecule has 48 heavy (non-hydrogen) atoms. The number of β-lactam (4-membered cyclic amide) rings is 1. The maximum atomic E-state index is 13.3. The summed E-state index contributed by atoms with van der Waals surface area (Å²) in [5, 5.41) is 18.4. The van der Waals surface area contributed by atoms with Crippen molar-refractivity contribution in [2.75, 3.05) is 17.7 Å². The fourth-order valence-electron chi connectivity index (χ4n) is 4.31. The summed E-state index contributed by atoms with van der Waals surface area (Å²) in [6.07, 6.45) is 2.06. The van der Waals surface area contributed by atoms with Crippen molar-refractivity contribution in [3.63, 3.8) is 0 Å². The van der Waals surface area contributed by atoms with E-state index < -0.39 is 85.5 Å². The summed E-state index contributed by atoms with van der Waals surface area (Å²) < 4.78 is 48.3. The van der Waals surface area contributed by atoms with Crippen molar-refractivity contribution in [3.05, 3.63) is 64.5 Å². The number of oxime groups is 1. The number of ether oxygens (including phenoxy) is 1. The molecule has 4 rings (SSSR count). The van der Waals surface area contributed by atoms with Gasteiger partial charge in [0.25, 0.3) is 11.8 Å². The molecule has 2 aliphatic heterocycles. The number of amides is 3. The molecule has 1 aromatic heterocycles. The van der Waals surface area contributed by atoms with Crippen molar-refractivity contribution >= 4 is 73.3 Å². The van der Waals surface area contributed by atoms with Crippen molar-refractivity contribution in [1.29, 1.82) is 0 Å². The van der Waals surface area contributed by atoms with E-state index in [0.29, 0.717) is 6.41 Å². The van der Waals surface area contributed by atoms with Gasteiger partial charge in [-0.15, -0.1) is 11.3 Å². The summed E-state index contributed by atoms with van der Waals surface area (Å²) in [6, 6.07) is 4.30. The second-order valence-corrected chi connectivity index (χ2v) is 15.0. The number of aromatic nitrogens is 1. The van der Waals surface area contributed by atoms with Gasteiger partial charge in [0.15, 0.2) is 10.8 Å². The van der Waals surface area contributed by atoms with E-state index in [1.807, 2.05) is 0 Å². The van der Waals surface area contributed by atoms with Gasteiger partial charge in [-0.05, 0) is 51.5 Å². The molecule has 1 fully saturated rings. The largest absolute Gasteiger partial charge is 0.477 e. The molecular weight excluding hydrogens is 695 g/mol. The van der Waals surface area contributed by atoms with Crippen LogP contribution in [0.5, 0.6) is 0 Å². The molecule has 0 bridgehead atoms. The molecule has 2 unspecified atom stereocenters. The highest BCUT2D eigenvalue weighted by molar-refractivity contribution is 7.87. The van der Waals surface area contributed by atoms with Gasteiger partial charge < -0.3 is 29.5 Å². The van der Waals surface area contributed by atoms with Crippen LogP contribution in [0, 0.1) is 6.92 Å². The lowest BCUT2D eigenvalue weighted by molar-refractivity contribution is -0.160. The predicted octanol–water partition coefficient (Wildman–Crippen LogP) is 0.756. The molecule has 0 saturated carbocycles. The number of esters is 1. The number of nitrogens with zero attached hydrogens (tertiary/aromatic N) is 3. The van der Waals surface area contributed by atoms with E-state index in [1.54, 1.807) is 39.8 Å². The van der Waals surface area contributed by atoms with E-state index in [1.165, 1.54) is 17.5 Å². The Kier molecular flexibility index (Phi) is 10.8. The summed E-state index contributed by atoms with van der Waals surface area (Å²) in [6.45, 7) is 5.97. The third-order valence-electron chi connectivity index (χ3n) is 6.31. The van der Waals surface area contributed by atoms with E-state index >= 15 is 0 Å². The zero-order valence-corrected chi connectivity index (χ0v) is 28.1. The number of benzene rings is 1. The Morgan fingerprint density at radius 2 is 1.92 bits per heavy atom. The maximum Gasteiger partial charge on any atom is 0.352 e. The summed E-state index contributed by atoms with van der Waals surface area (Å²) in [5.74, 6) is -4.80. The summed E-state index contributed by atoms with van der Waals surface area (Å²) in [5.41, 5.74) is -1.39. The minimum atomic E-state index is -4.26. The van der Waals surface area contributed by atoms with Gasteiger partial charge in [0.2, 0.25) is 13.0 Å². The molecule has 256 valence electrons. The first-order valence-electron chi connectivity index (χ1n) is 13.7. The van der Waals surface area contributed by atoms with Crippen LogP contribution in [0.1, 0.15) is 32.0 Å². The van der Waals surface area contributed by atoms with Gasteiger partial charge in [-0.3, -0.25) is 23.5 Å². The lowest BCUT2D eigenvalue weighted by Crippen LogP contribution is -2.74. The predicted molar refractivity (Wildman–Crippen MR) is 169 cm³/mol. The van der Waals surface area contributed by atoms with Crippen LogP contribution in [0.4, 0.5) is 5.13 Å². The number of hydrogen-bond acceptors (Lipinski definition) is 14. The molecular formula is C28H29N5O12S3. The van der Waals surface area contributed by atoms with E-state index in [-0.39, 0.29) is 21.3 Å². The monoisotopic (exact) mass is 723 g/mol. The molecule has 3 N–H and O–H groups in total. The SMILES string of the molecule is Cc1ccc(S(=O)(=O)OC=CC2=C(C(=O)O)N3C(=O)C(NC(=O)C(=NOCC(=O)OC(C)(C)C)c4csc(NC=O)n4)[C@@H]3S(=O)C2)cc1. The fourth-order valence-corrected chi connectivity index (χ4v) is 7.39. The lowest BCUT2D eigenvalue weighted by atomic mass is 10.0. The Bertz CT molecular complexity index is 1860. The van der Waals surface area contributed by atoms with Crippen LogP contribution in [-0.2, 0) is 58.6 Å². The zero-order chi connectivity index (χ0) is 35.4. The van der Waals surface area contributed by atoms with Gasteiger partial charge >= 0.3 is 22.1 Å². The number of nitrogens with one attached hydrogen (secondary N) is 2. The summed E-state index contributed by atoms with van der Waals surface area (Å²) >= 11 is 0.925. The normalized spacial score (nSPS) is 19.7. The molecule has 0 radical (unpaired) electrons. The molecule has 2 aliphatic rings. The Morgan fingerprint density at radius 3 is 2.54 bits per heavy atom. The van der Waals surface area contributed by atoms with E-state index in [0.717, 1.165) is 34.1 Å². The Labute approximate surface area is 280 Å². The number of thiazole rings is 1. The number of anilines is 1. The number of rotatable bonds is 13. The van der Waals surface area contributed by atoms with Crippen LogP contribution < -0.4 is 10.6 Å². The van der Waals surface area contributed by atoms with Crippen LogP contribution in [-0.4, -0.2) is 92.9 Å². The van der Waals surface area contributed by atoms with Crippen LogP contribution in [0.2, 0.25) is 0 Å². The number of aliphatic carboxylic acids is 1. The number of carbonyl (C=O) groups is 5. The van der Waals surface area contributed by atoms with Gasteiger partial charge in [-0.2, -0.15) is 8.42 Å². The molecule has 3 amide bonds. The van der Waals surface area contributed by atoms with Crippen molar-refractivity contribution in [2.24, 2.45) is 5.16 Å². The number of carboxylic acid groups (broad SMARTS) is 1. The second-order valence-electron chi connectivity index (χ2n) is 11.0. The molecule has 0 aliphatic carbocycles. The third kappa shape index (κ3) is 8.30. The number of fused-ring (bicyclic) bond motifs is 1. The smallest absolute Gasteiger partial charge is 0.352 e. The van der Waals surface area contributed by atoms with E-state index in [4.69, 9.17) is 13.8 Å². The highest BCUT2D eigenvalue weighted by Crippen LogP contribution is 2.35. The van der Waals surface area contributed by atoms with E-state index in [9.17, 15) is 41.7 Å². The van der Waals surface area contributed by atoms with Crippen LogP contribution in [0.15, 0.2) is 63.3 Å². The zero-order valence-electron chi connectivity index (χ0n) is 25.7. The molecule has 20 heteroatoms. The van der Waals surface area contributed by atoms with Gasteiger partial charge in [-0.1, -0.05) is 22.9 Å². The molecule has 3 atom stereocenters. The quantitative estimate of drug-likeness (QED) is 0.0493.